The number of pyridine rings is 1. The molecule has 2 aliphatic heterocycles. The Morgan fingerprint density at radius 2 is 1.69 bits per heavy atom. The van der Waals surface area contributed by atoms with E-state index in [4.69, 9.17) is 9.72 Å². The van der Waals surface area contributed by atoms with Crippen molar-refractivity contribution < 1.29 is 17.9 Å². The van der Waals surface area contributed by atoms with Gasteiger partial charge < -0.3 is 24.4 Å². The third-order valence-electron chi connectivity index (χ3n) is 13.3. The summed E-state index contributed by atoms with van der Waals surface area (Å²) in [6.07, 6.45) is 12.7. The SMILES string of the molecule is CC(C)(C)S(=O)(=O)c1cc2c(Nc3ccc4scnc4c3)ccnc2cc1OCCCN1CCC(c2cnc(C(=O)N3CCC(n4ccc5c(-n6ccc(=O)[nH]c6=O)cccc54)CC3)cn2)CC1. The number of piperidine rings is 2. The molecule has 1 amide bonds. The fraction of sp³-hybridized carbons (Fsp3) is 0.340. The summed E-state index contributed by atoms with van der Waals surface area (Å²) in [4.78, 5) is 62.9. The first kappa shape index (κ1) is 45.0. The van der Waals surface area contributed by atoms with Crippen molar-refractivity contribution in [3.8, 4) is 11.4 Å². The zero-order valence-electron chi connectivity index (χ0n) is 38.1. The smallest absolute Gasteiger partial charge is 0.332 e. The number of nitrogens with one attached hydrogen (secondary N) is 2. The van der Waals surface area contributed by atoms with Crippen LogP contribution in [0, 0.1) is 0 Å². The number of fused-ring (bicyclic) bond motifs is 3. The lowest BCUT2D eigenvalue weighted by Crippen LogP contribution is -2.39. The third-order valence-corrected chi connectivity index (χ3v) is 16.6. The first-order valence-corrected chi connectivity index (χ1v) is 25.3. The Balaban J connectivity index is 0.720. The molecular formula is C50H52N10O6S2. The van der Waals surface area contributed by atoms with Crippen LogP contribution in [-0.4, -0.2) is 102 Å². The number of sulfone groups is 1. The molecule has 68 heavy (non-hydrogen) atoms. The van der Waals surface area contributed by atoms with Crippen LogP contribution >= 0.6 is 11.3 Å². The lowest BCUT2D eigenvalue weighted by molar-refractivity contribution is 0.0689. The maximum absolute atomic E-state index is 14.0. The number of thiazole rings is 1. The van der Waals surface area contributed by atoms with Gasteiger partial charge in [0.25, 0.3) is 11.5 Å². The third kappa shape index (κ3) is 8.90. The number of hydrogen-bond donors (Lipinski definition) is 2. The van der Waals surface area contributed by atoms with E-state index in [2.05, 4.69) is 34.7 Å². The van der Waals surface area contributed by atoms with Crippen molar-refractivity contribution in [1.82, 2.24) is 43.9 Å². The Labute approximate surface area is 396 Å². The molecule has 0 spiro atoms. The number of H-pyrrole nitrogens is 1. The van der Waals surface area contributed by atoms with Crippen molar-refractivity contribution in [2.45, 2.75) is 74.5 Å². The number of hydrogen-bond acceptors (Lipinski definition) is 13. The molecule has 5 aromatic heterocycles. The second-order valence-corrected chi connectivity index (χ2v) is 22.1. The molecule has 0 aliphatic carbocycles. The lowest BCUT2D eigenvalue weighted by Gasteiger charge is -2.33. The number of likely N-dealkylation sites (tertiary alicyclic amines) is 2. The summed E-state index contributed by atoms with van der Waals surface area (Å²) in [7, 11) is -3.79. The number of benzene rings is 3. The van der Waals surface area contributed by atoms with Crippen LogP contribution in [0.2, 0.25) is 0 Å². The number of anilines is 2. The molecule has 350 valence electrons. The molecule has 0 atom stereocenters. The molecule has 8 aromatic rings. The van der Waals surface area contributed by atoms with Crippen molar-refractivity contribution in [2.75, 3.05) is 44.6 Å². The van der Waals surface area contributed by atoms with Gasteiger partial charge in [-0.2, -0.15) is 0 Å². The highest BCUT2D eigenvalue weighted by Crippen LogP contribution is 2.38. The number of rotatable bonds is 12. The standard InChI is InChI=1S/C50H52N10O6S2/c1-50(2,3)68(64,65)46-27-36-37(55-33-8-9-45-39(26-33)54-31-67-45)10-17-51-38(36)28-44(46)66-25-5-18-57-19-11-32(12-20-57)40-29-53-41(30-52-40)48(62)58-21-13-34(14-22-58)59-23-15-35-42(59)6-4-7-43(35)60-24-16-47(61)56-49(60)63/h4,6-10,15-17,23-24,26-32,34H,5,11-14,18-22,25H2,1-3H3,(H,51,55)(H,56,61,63). The van der Waals surface area contributed by atoms with Gasteiger partial charge >= 0.3 is 5.69 Å². The fourth-order valence-electron chi connectivity index (χ4n) is 9.41. The monoisotopic (exact) mass is 952 g/mol. The first-order chi connectivity index (χ1) is 32.8. The van der Waals surface area contributed by atoms with E-state index in [0.29, 0.717) is 54.2 Å². The van der Waals surface area contributed by atoms with Gasteiger partial charge in [-0.25, -0.2) is 23.2 Å². The molecule has 2 N–H and O–H groups in total. The Morgan fingerprint density at radius 3 is 2.46 bits per heavy atom. The minimum Gasteiger partial charge on any atom is -0.492 e. The van der Waals surface area contributed by atoms with Crippen LogP contribution in [0.15, 0.2) is 118 Å². The number of ether oxygens (including phenoxy) is 1. The molecule has 3 aromatic carbocycles. The molecule has 0 radical (unpaired) electrons. The number of carbonyl (C=O) groups is 1. The van der Waals surface area contributed by atoms with Crippen LogP contribution in [-0.2, 0) is 9.84 Å². The molecule has 0 saturated carbocycles. The van der Waals surface area contributed by atoms with Gasteiger partial charge in [0, 0.05) is 90.7 Å². The molecule has 0 bridgehead atoms. The van der Waals surface area contributed by atoms with E-state index in [1.165, 1.54) is 16.8 Å². The predicted molar refractivity (Wildman–Crippen MR) is 264 cm³/mol. The average Bonchev–Trinajstić information content (AvgIpc) is 4.00. The summed E-state index contributed by atoms with van der Waals surface area (Å²) in [5.74, 6) is 0.414. The van der Waals surface area contributed by atoms with E-state index in [1.54, 1.807) is 62.8 Å². The Hall–Kier alpha value is -6.76. The maximum atomic E-state index is 14.0. The van der Waals surface area contributed by atoms with Gasteiger partial charge in [-0.05, 0) is 114 Å². The van der Waals surface area contributed by atoms with Gasteiger partial charge in [-0.1, -0.05) is 6.07 Å². The lowest BCUT2D eigenvalue weighted by atomic mass is 9.93. The second-order valence-electron chi connectivity index (χ2n) is 18.5. The van der Waals surface area contributed by atoms with Crippen LogP contribution in [0.1, 0.15) is 81.0 Å². The molecule has 2 fully saturated rings. The van der Waals surface area contributed by atoms with Gasteiger partial charge in [0.1, 0.15) is 16.3 Å². The highest BCUT2D eigenvalue weighted by molar-refractivity contribution is 7.92. The van der Waals surface area contributed by atoms with E-state index < -0.39 is 25.8 Å². The average molecular weight is 953 g/mol. The zero-order chi connectivity index (χ0) is 47.2. The number of carbonyl (C=O) groups excluding carboxylic acids is 1. The van der Waals surface area contributed by atoms with E-state index in [-0.39, 0.29) is 22.8 Å². The topological polar surface area (TPSA) is 190 Å². The Kier molecular flexibility index (Phi) is 12.2. The number of amides is 1. The Bertz CT molecular complexity index is 3400. The molecule has 7 heterocycles. The van der Waals surface area contributed by atoms with Gasteiger partial charge in [0.05, 0.1) is 55.7 Å². The zero-order valence-corrected chi connectivity index (χ0v) is 39.7. The van der Waals surface area contributed by atoms with Crippen LogP contribution < -0.4 is 21.3 Å². The molecule has 10 rings (SSSR count). The second kappa shape index (κ2) is 18.4. The summed E-state index contributed by atoms with van der Waals surface area (Å²) >= 11 is 1.58. The van der Waals surface area contributed by atoms with Crippen molar-refractivity contribution in [3.05, 3.63) is 135 Å². The van der Waals surface area contributed by atoms with Crippen molar-refractivity contribution in [3.63, 3.8) is 0 Å². The first-order valence-electron chi connectivity index (χ1n) is 23.0. The molecule has 18 heteroatoms. The molecule has 2 saturated heterocycles. The molecular weight excluding hydrogens is 901 g/mol. The van der Waals surface area contributed by atoms with Crippen LogP contribution in [0.5, 0.6) is 5.75 Å². The molecule has 2 aliphatic rings. The van der Waals surface area contributed by atoms with E-state index in [9.17, 15) is 22.8 Å². The van der Waals surface area contributed by atoms with Crippen LogP contribution in [0.25, 0.3) is 37.7 Å². The van der Waals surface area contributed by atoms with Gasteiger partial charge in [-0.3, -0.25) is 29.1 Å². The normalized spacial score (nSPS) is 15.7. The molecule has 16 nitrogen and oxygen atoms in total. The minimum absolute atomic E-state index is 0.123. The number of nitrogens with zero attached hydrogens (tertiary/aromatic N) is 8. The van der Waals surface area contributed by atoms with Gasteiger partial charge in [0.15, 0.2) is 9.84 Å². The summed E-state index contributed by atoms with van der Waals surface area (Å²) in [6.45, 7) is 9.15. The highest BCUT2D eigenvalue weighted by atomic mass is 32.2. The van der Waals surface area contributed by atoms with E-state index in [1.807, 2.05) is 65.1 Å². The Morgan fingerprint density at radius 1 is 0.868 bits per heavy atom. The summed E-state index contributed by atoms with van der Waals surface area (Å²) in [5, 5.41) is 5.03. The van der Waals surface area contributed by atoms with Crippen molar-refractivity contribution in [2.24, 2.45) is 0 Å². The summed E-state index contributed by atoms with van der Waals surface area (Å²) in [6, 6.07) is 20.5. The minimum atomic E-state index is -3.79. The van der Waals surface area contributed by atoms with E-state index >= 15 is 0 Å². The predicted octanol–water partition coefficient (Wildman–Crippen LogP) is 7.87. The maximum Gasteiger partial charge on any atom is 0.332 e. The largest absolute Gasteiger partial charge is 0.492 e. The summed E-state index contributed by atoms with van der Waals surface area (Å²) < 4.78 is 38.0. The number of aromatic amines is 1. The fourth-order valence-corrected chi connectivity index (χ4v) is 11.4. The van der Waals surface area contributed by atoms with Crippen molar-refractivity contribution >= 4 is 70.5 Å². The van der Waals surface area contributed by atoms with Crippen molar-refractivity contribution in [1.29, 1.82) is 0 Å². The van der Waals surface area contributed by atoms with Crippen LogP contribution in [0.4, 0.5) is 11.4 Å². The highest BCUT2D eigenvalue weighted by Gasteiger charge is 2.35. The van der Waals surface area contributed by atoms with Crippen LogP contribution in [0.3, 0.4) is 0 Å². The van der Waals surface area contributed by atoms with Gasteiger partial charge in [-0.15, -0.1) is 11.3 Å². The summed E-state index contributed by atoms with van der Waals surface area (Å²) in [5.41, 5.74) is 6.89. The quantitative estimate of drug-likeness (QED) is 0.113. The van der Waals surface area contributed by atoms with E-state index in [0.717, 1.165) is 83.5 Å². The number of aromatic nitrogens is 7. The van der Waals surface area contributed by atoms with Gasteiger partial charge in [0.2, 0.25) is 0 Å². The molecule has 0 unspecified atom stereocenters.